The number of rotatable bonds is 4. The van der Waals surface area contributed by atoms with Crippen LogP contribution in [0.25, 0.3) is 6.08 Å². The van der Waals surface area contributed by atoms with Crippen LogP contribution in [0.1, 0.15) is 50.3 Å². The fraction of sp³-hybridized carbons (Fsp3) is 0.640. The molecule has 1 aromatic rings. The first kappa shape index (κ1) is 21.4. The second-order valence-corrected chi connectivity index (χ2v) is 10.0. The highest BCUT2D eigenvalue weighted by atomic mass is 16.6. The van der Waals surface area contributed by atoms with Crippen LogP contribution < -0.4 is 5.32 Å². The molecule has 4 rings (SSSR count). The molecule has 2 aliphatic carbocycles. The lowest BCUT2D eigenvalue weighted by Gasteiger charge is -2.26. The van der Waals surface area contributed by atoms with Gasteiger partial charge in [-0.25, -0.2) is 4.79 Å². The second-order valence-electron chi connectivity index (χ2n) is 10.0. The third kappa shape index (κ3) is 5.44. The Kier molecular flexibility index (Phi) is 6.49. The van der Waals surface area contributed by atoms with E-state index >= 15 is 0 Å². The van der Waals surface area contributed by atoms with Crippen molar-refractivity contribution in [1.82, 2.24) is 10.2 Å². The third-order valence-electron chi connectivity index (χ3n) is 6.58. The Hall–Kier alpha value is -1.85. The molecular weight excluding hydrogens is 376 g/mol. The van der Waals surface area contributed by atoms with Gasteiger partial charge in [0.2, 0.25) is 0 Å². The SMILES string of the molecule is CC(C)(C)OC(=O)N[C@H]1[C@@H]2CC[C@H]1Cc1ccc(C=CCN3CCOCC3)cc1C2. The van der Waals surface area contributed by atoms with Crippen molar-refractivity contribution in [2.24, 2.45) is 11.8 Å². The predicted octanol–water partition coefficient (Wildman–Crippen LogP) is 4.05. The van der Waals surface area contributed by atoms with Gasteiger partial charge in [-0.15, -0.1) is 0 Å². The molecule has 2 bridgehead atoms. The van der Waals surface area contributed by atoms with Gasteiger partial charge in [-0.1, -0.05) is 30.4 Å². The number of carbonyl (C=O) groups excluding carboxylic acids is 1. The van der Waals surface area contributed by atoms with Crippen molar-refractivity contribution < 1.29 is 14.3 Å². The summed E-state index contributed by atoms with van der Waals surface area (Å²) in [6.45, 7) is 10.4. The van der Waals surface area contributed by atoms with E-state index in [1.54, 1.807) is 0 Å². The van der Waals surface area contributed by atoms with E-state index in [0.29, 0.717) is 11.8 Å². The molecule has 164 valence electrons. The molecule has 1 N–H and O–H groups in total. The summed E-state index contributed by atoms with van der Waals surface area (Å²) in [6, 6.07) is 7.11. The van der Waals surface area contributed by atoms with E-state index in [0.717, 1.165) is 45.7 Å². The molecule has 0 unspecified atom stereocenters. The number of carbonyl (C=O) groups is 1. The van der Waals surface area contributed by atoms with Gasteiger partial charge in [-0.05, 0) is 75.0 Å². The molecule has 1 amide bonds. The Bertz CT molecular complexity index is 777. The van der Waals surface area contributed by atoms with Crippen LogP contribution in [0.5, 0.6) is 0 Å². The molecule has 1 aliphatic heterocycles. The molecule has 1 saturated carbocycles. The lowest BCUT2D eigenvalue weighted by molar-refractivity contribution is 0.0435. The quantitative estimate of drug-likeness (QED) is 0.811. The summed E-state index contributed by atoms with van der Waals surface area (Å²) in [5.41, 5.74) is 3.71. The molecule has 1 saturated heterocycles. The smallest absolute Gasteiger partial charge is 0.407 e. The lowest BCUT2D eigenvalue weighted by Crippen LogP contribution is -2.44. The maximum absolute atomic E-state index is 12.4. The molecule has 0 aromatic heterocycles. The zero-order valence-corrected chi connectivity index (χ0v) is 18.7. The van der Waals surface area contributed by atoms with E-state index in [9.17, 15) is 4.79 Å². The van der Waals surface area contributed by atoms with Crippen LogP contribution in [0.2, 0.25) is 0 Å². The highest BCUT2D eigenvalue weighted by Gasteiger charge is 2.40. The van der Waals surface area contributed by atoms with Gasteiger partial charge in [0.05, 0.1) is 13.2 Å². The number of ether oxygens (including phenoxy) is 2. The summed E-state index contributed by atoms with van der Waals surface area (Å²) in [4.78, 5) is 14.8. The third-order valence-corrected chi connectivity index (χ3v) is 6.58. The van der Waals surface area contributed by atoms with Crippen molar-refractivity contribution >= 4 is 12.2 Å². The first-order valence-electron chi connectivity index (χ1n) is 11.5. The first-order chi connectivity index (χ1) is 14.4. The van der Waals surface area contributed by atoms with Crippen molar-refractivity contribution in [2.75, 3.05) is 32.8 Å². The Balaban J connectivity index is 1.40. The number of nitrogens with zero attached hydrogens (tertiary/aromatic N) is 1. The Morgan fingerprint density at radius 2 is 1.87 bits per heavy atom. The monoisotopic (exact) mass is 412 g/mol. The topological polar surface area (TPSA) is 50.8 Å². The van der Waals surface area contributed by atoms with Gasteiger partial charge in [0, 0.05) is 25.7 Å². The van der Waals surface area contributed by atoms with Gasteiger partial charge in [-0.3, -0.25) is 4.90 Å². The number of hydrogen-bond acceptors (Lipinski definition) is 4. The molecule has 5 heteroatoms. The van der Waals surface area contributed by atoms with Gasteiger partial charge < -0.3 is 14.8 Å². The zero-order chi connectivity index (χ0) is 21.1. The molecule has 1 heterocycles. The molecular formula is C25H36N2O3. The van der Waals surface area contributed by atoms with Crippen LogP contribution in [-0.4, -0.2) is 55.5 Å². The van der Waals surface area contributed by atoms with Gasteiger partial charge in [0.1, 0.15) is 5.60 Å². The maximum atomic E-state index is 12.4. The van der Waals surface area contributed by atoms with Crippen LogP contribution in [0.15, 0.2) is 24.3 Å². The average Bonchev–Trinajstić information content (AvgIpc) is 2.95. The van der Waals surface area contributed by atoms with E-state index in [1.807, 2.05) is 20.8 Å². The van der Waals surface area contributed by atoms with Crippen molar-refractivity contribution in [3.05, 3.63) is 41.0 Å². The predicted molar refractivity (Wildman–Crippen MR) is 120 cm³/mol. The Morgan fingerprint density at radius 1 is 1.17 bits per heavy atom. The molecule has 5 nitrogen and oxygen atoms in total. The number of morpholine rings is 1. The van der Waals surface area contributed by atoms with Gasteiger partial charge in [-0.2, -0.15) is 0 Å². The number of benzene rings is 1. The molecule has 0 radical (unpaired) electrons. The number of alkyl carbamates (subject to hydrolysis) is 1. The van der Waals surface area contributed by atoms with Gasteiger partial charge >= 0.3 is 6.09 Å². The summed E-state index contributed by atoms with van der Waals surface area (Å²) < 4.78 is 10.9. The van der Waals surface area contributed by atoms with E-state index in [2.05, 4.69) is 40.6 Å². The highest BCUT2D eigenvalue weighted by molar-refractivity contribution is 5.68. The largest absolute Gasteiger partial charge is 0.444 e. The van der Waals surface area contributed by atoms with Crippen LogP contribution in [-0.2, 0) is 22.3 Å². The second kappa shape index (κ2) is 9.11. The first-order valence-corrected chi connectivity index (χ1v) is 11.5. The normalized spacial score (nSPS) is 27.0. The van der Waals surface area contributed by atoms with Crippen LogP contribution in [0, 0.1) is 11.8 Å². The minimum absolute atomic E-state index is 0.215. The minimum atomic E-state index is -0.459. The summed E-state index contributed by atoms with van der Waals surface area (Å²) in [5, 5.41) is 3.21. The van der Waals surface area contributed by atoms with Crippen molar-refractivity contribution in [2.45, 2.75) is 58.1 Å². The zero-order valence-electron chi connectivity index (χ0n) is 18.7. The van der Waals surface area contributed by atoms with E-state index in [-0.39, 0.29) is 12.1 Å². The summed E-state index contributed by atoms with van der Waals surface area (Å²) in [7, 11) is 0. The van der Waals surface area contributed by atoms with Crippen LogP contribution in [0.4, 0.5) is 4.79 Å². The Labute approximate surface area is 180 Å². The Morgan fingerprint density at radius 3 is 2.57 bits per heavy atom. The van der Waals surface area contributed by atoms with E-state index < -0.39 is 5.60 Å². The minimum Gasteiger partial charge on any atom is -0.444 e. The van der Waals surface area contributed by atoms with Crippen molar-refractivity contribution in [3.8, 4) is 0 Å². The van der Waals surface area contributed by atoms with Gasteiger partial charge in [0.15, 0.2) is 0 Å². The fourth-order valence-corrected chi connectivity index (χ4v) is 5.13. The fourth-order valence-electron chi connectivity index (χ4n) is 5.13. The molecule has 3 atom stereocenters. The highest BCUT2D eigenvalue weighted by Crippen LogP contribution is 2.40. The average molecular weight is 413 g/mol. The van der Waals surface area contributed by atoms with Crippen LogP contribution >= 0.6 is 0 Å². The van der Waals surface area contributed by atoms with Crippen molar-refractivity contribution in [3.63, 3.8) is 0 Å². The molecule has 1 aromatic carbocycles. The maximum Gasteiger partial charge on any atom is 0.407 e. The summed E-state index contributed by atoms with van der Waals surface area (Å²) in [6.07, 6.45) is 8.69. The summed E-state index contributed by atoms with van der Waals surface area (Å²) in [5.74, 6) is 1.00. The molecule has 30 heavy (non-hydrogen) atoms. The van der Waals surface area contributed by atoms with Crippen LogP contribution in [0.3, 0.4) is 0 Å². The summed E-state index contributed by atoms with van der Waals surface area (Å²) >= 11 is 0. The number of nitrogens with one attached hydrogen (secondary N) is 1. The number of amides is 1. The van der Waals surface area contributed by atoms with Gasteiger partial charge in [0.25, 0.3) is 0 Å². The van der Waals surface area contributed by atoms with E-state index in [4.69, 9.17) is 9.47 Å². The number of fused-ring (bicyclic) bond motifs is 3. The lowest BCUT2D eigenvalue weighted by atomic mass is 9.92. The number of hydrogen-bond donors (Lipinski definition) is 1. The molecule has 3 aliphatic rings. The van der Waals surface area contributed by atoms with E-state index in [1.165, 1.54) is 29.5 Å². The standard InChI is InChI=1S/C25H36N2O3/c1-25(2,3)30-24(28)26-23-20-8-9-21(23)17-22-15-18(6-7-19(22)16-20)5-4-10-27-11-13-29-14-12-27/h4-7,15,20-21,23H,8-14,16-17H2,1-3H3,(H,26,28)/t20-,21+,23+/m0/s1. The van der Waals surface area contributed by atoms with Crippen molar-refractivity contribution in [1.29, 1.82) is 0 Å². The molecule has 2 fully saturated rings. The molecule has 0 spiro atoms.